The summed E-state index contributed by atoms with van der Waals surface area (Å²) in [5.74, 6) is 2.96. The molecule has 1 saturated heterocycles. The molecule has 2 unspecified atom stereocenters. The van der Waals surface area contributed by atoms with Crippen molar-refractivity contribution >= 4 is 16.5 Å². The lowest BCUT2D eigenvalue weighted by Crippen LogP contribution is -2.48. The molecule has 96 valence electrons. The minimum atomic E-state index is -1.03. The summed E-state index contributed by atoms with van der Waals surface area (Å²) >= 11 is 1.32. The number of aliphatic hydroxyl groups is 1. The van der Waals surface area contributed by atoms with Crippen LogP contribution in [0.3, 0.4) is 0 Å². The highest BCUT2D eigenvalue weighted by atomic mass is 32.1. The topological polar surface area (TPSA) is 72.3 Å². The second-order valence-electron chi connectivity index (χ2n) is 4.83. The van der Waals surface area contributed by atoms with Crippen molar-refractivity contribution in [1.29, 1.82) is 0 Å². The Kier molecular flexibility index (Phi) is 2.84. The number of rotatable bonds is 3. The minimum absolute atomic E-state index is 0.144. The predicted molar refractivity (Wildman–Crippen MR) is 68.3 cm³/mol. The maximum Gasteiger partial charge on any atom is 0.309 e. The van der Waals surface area contributed by atoms with E-state index in [1.807, 2.05) is 0 Å². The summed E-state index contributed by atoms with van der Waals surface area (Å²) in [7, 11) is 0. The largest absolute Gasteiger partial charge is 0.623 e. The predicted octanol–water partition coefficient (Wildman–Crippen LogP) is 0.445. The highest BCUT2D eigenvalue weighted by Crippen LogP contribution is 2.44. The smallest absolute Gasteiger partial charge is 0.309 e. The SMILES string of the molecule is C#CCN1CC(O)[N+]([O-])(c2nnc(C3CC3)s2)C1. The molecule has 2 heterocycles. The van der Waals surface area contributed by atoms with Gasteiger partial charge in [0.1, 0.15) is 11.7 Å². The maximum atomic E-state index is 12.7. The first-order valence-electron chi connectivity index (χ1n) is 5.90. The molecule has 2 atom stereocenters. The first kappa shape index (κ1) is 12.0. The van der Waals surface area contributed by atoms with Gasteiger partial charge in [0.05, 0.1) is 13.1 Å². The van der Waals surface area contributed by atoms with E-state index in [-0.39, 0.29) is 13.2 Å². The number of hydroxylamine groups is 2. The number of aromatic nitrogens is 2. The molecule has 2 fully saturated rings. The van der Waals surface area contributed by atoms with Gasteiger partial charge >= 0.3 is 5.13 Å². The van der Waals surface area contributed by atoms with Gasteiger partial charge in [0.2, 0.25) is 6.23 Å². The zero-order valence-electron chi connectivity index (χ0n) is 9.82. The Hall–Kier alpha value is -1.04. The lowest BCUT2D eigenvalue weighted by molar-refractivity contribution is 0.0844. The molecule has 6 nitrogen and oxygen atoms in total. The van der Waals surface area contributed by atoms with Crippen LogP contribution in [-0.4, -0.2) is 46.2 Å². The van der Waals surface area contributed by atoms with Gasteiger partial charge in [-0.05, 0) is 24.2 Å². The second kappa shape index (κ2) is 4.26. The molecule has 1 aliphatic heterocycles. The van der Waals surface area contributed by atoms with Crippen molar-refractivity contribution in [1.82, 2.24) is 19.7 Å². The van der Waals surface area contributed by atoms with Gasteiger partial charge in [-0.15, -0.1) is 11.5 Å². The zero-order chi connectivity index (χ0) is 12.8. The fourth-order valence-electron chi connectivity index (χ4n) is 2.12. The Bertz CT molecular complexity index is 495. The highest BCUT2D eigenvalue weighted by Gasteiger charge is 2.43. The highest BCUT2D eigenvalue weighted by molar-refractivity contribution is 7.15. The quantitative estimate of drug-likeness (QED) is 0.488. The van der Waals surface area contributed by atoms with Crippen LogP contribution in [0.2, 0.25) is 0 Å². The average molecular weight is 266 g/mol. The number of β-amino-alcohol motifs (C(OH)–C–C–N with tert-alkyl or cyclic N) is 1. The number of hydrogen-bond donors (Lipinski definition) is 1. The summed E-state index contributed by atoms with van der Waals surface area (Å²) in [4.78, 5) is 1.76. The van der Waals surface area contributed by atoms with Crippen LogP contribution in [0, 0.1) is 17.6 Å². The molecule has 2 aliphatic rings. The van der Waals surface area contributed by atoms with Gasteiger partial charge in [-0.1, -0.05) is 11.0 Å². The van der Waals surface area contributed by atoms with E-state index in [2.05, 4.69) is 16.1 Å². The molecule has 7 heteroatoms. The number of nitrogens with zero attached hydrogens (tertiary/aromatic N) is 4. The van der Waals surface area contributed by atoms with E-state index in [1.165, 1.54) is 11.3 Å². The van der Waals surface area contributed by atoms with Crippen molar-refractivity contribution in [2.75, 3.05) is 19.8 Å². The summed E-state index contributed by atoms with van der Waals surface area (Å²) in [6, 6.07) is 0. The van der Waals surface area contributed by atoms with Crippen molar-refractivity contribution in [2.24, 2.45) is 0 Å². The summed E-state index contributed by atoms with van der Waals surface area (Å²) in [5.41, 5.74) is 0. The van der Waals surface area contributed by atoms with Gasteiger partial charge in [0.15, 0.2) is 0 Å². The van der Waals surface area contributed by atoms with E-state index in [1.54, 1.807) is 4.90 Å². The molecule has 0 aromatic carbocycles. The third-order valence-electron chi connectivity index (χ3n) is 3.31. The van der Waals surface area contributed by atoms with E-state index in [0.717, 1.165) is 17.8 Å². The van der Waals surface area contributed by atoms with Crippen LogP contribution in [0.4, 0.5) is 5.13 Å². The van der Waals surface area contributed by atoms with E-state index < -0.39 is 10.9 Å². The average Bonchev–Trinajstić information content (AvgIpc) is 2.98. The van der Waals surface area contributed by atoms with Crippen LogP contribution in [0.1, 0.15) is 23.8 Å². The number of hydrogen-bond acceptors (Lipinski definition) is 6. The lowest BCUT2D eigenvalue weighted by atomic mass is 10.5. The Balaban J connectivity index is 1.82. The number of terminal acetylenes is 1. The molecule has 1 N–H and O–H groups in total. The molecule has 1 aliphatic carbocycles. The van der Waals surface area contributed by atoms with Crippen LogP contribution in [-0.2, 0) is 0 Å². The monoisotopic (exact) mass is 266 g/mol. The normalized spacial score (nSPS) is 32.6. The molecular weight excluding hydrogens is 252 g/mol. The van der Waals surface area contributed by atoms with E-state index in [9.17, 15) is 10.3 Å². The van der Waals surface area contributed by atoms with Gasteiger partial charge in [0, 0.05) is 5.92 Å². The first-order valence-corrected chi connectivity index (χ1v) is 6.72. The van der Waals surface area contributed by atoms with Gasteiger partial charge in [-0.25, -0.2) is 4.90 Å². The van der Waals surface area contributed by atoms with Crippen LogP contribution < -0.4 is 4.65 Å². The fraction of sp³-hybridized carbons (Fsp3) is 0.636. The van der Waals surface area contributed by atoms with Crippen molar-refractivity contribution < 1.29 is 5.11 Å². The van der Waals surface area contributed by atoms with Crippen molar-refractivity contribution in [3.8, 4) is 12.3 Å². The molecule has 1 aromatic heterocycles. The fourth-order valence-corrected chi connectivity index (χ4v) is 3.20. The van der Waals surface area contributed by atoms with Crippen molar-refractivity contribution in [3.63, 3.8) is 0 Å². The lowest BCUT2D eigenvalue weighted by Gasteiger charge is -2.36. The van der Waals surface area contributed by atoms with E-state index in [0.29, 0.717) is 17.6 Å². The minimum Gasteiger partial charge on any atom is -0.623 e. The Morgan fingerprint density at radius 3 is 3.00 bits per heavy atom. The maximum absolute atomic E-state index is 12.7. The van der Waals surface area contributed by atoms with Crippen LogP contribution >= 0.6 is 11.3 Å². The molecule has 0 bridgehead atoms. The van der Waals surface area contributed by atoms with Crippen molar-refractivity contribution in [2.45, 2.75) is 25.0 Å². The standard InChI is InChI=1S/C11H14N4O2S/c1-2-5-14-6-9(16)15(17,7-14)11-13-12-10(18-11)8-3-4-8/h1,8-9,16H,3-7H2. The van der Waals surface area contributed by atoms with E-state index in [4.69, 9.17) is 6.42 Å². The number of quaternary nitrogens is 1. The van der Waals surface area contributed by atoms with Crippen molar-refractivity contribution in [3.05, 3.63) is 10.2 Å². The summed E-state index contributed by atoms with van der Waals surface area (Å²) in [6.07, 6.45) is 6.44. The Labute approximate surface area is 109 Å². The molecule has 3 rings (SSSR count). The van der Waals surface area contributed by atoms with Gasteiger partial charge in [-0.2, -0.15) is 0 Å². The third kappa shape index (κ3) is 1.92. The van der Waals surface area contributed by atoms with Gasteiger partial charge in [0.25, 0.3) is 0 Å². The van der Waals surface area contributed by atoms with Gasteiger partial charge in [-0.3, -0.25) is 4.65 Å². The van der Waals surface area contributed by atoms with Crippen LogP contribution in [0.15, 0.2) is 0 Å². The summed E-state index contributed by atoms with van der Waals surface area (Å²) < 4.78 is -0.841. The van der Waals surface area contributed by atoms with Gasteiger partial charge < -0.3 is 10.3 Å². The molecule has 0 spiro atoms. The Morgan fingerprint density at radius 2 is 2.33 bits per heavy atom. The molecule has 1 aromatic rings. The third-order valence-corrected chi connectivity index (χ3v) is 4.51. The number of aliphatic hydroxyl groups excluding tert-OH is 1. The molecule has 18 heavy (non-hydrogen) atoms. The summed E-state index contributed by atoms with van der Waals surface area (Å²) in [6.45, 7) is 0.796. The van der Waals surface area contributed by atoms with E-state index >= 15 is 0 Å². The molecule has 1 saturated carbocycles. The molecule has 0 amide bonds. The zero-order valence-corrected chi connectivity index (χ0v) is 10.6. The van der Waals surface area contributed by atoms with Crippen LogP contribution in [0.25, 0.3) is 0 Å². The first-order chi connectivity index (χ1) is 8.63. The Morgan fingerprint density at radius 1 is 1.56 bits per heavy atom. The summed E-state index contributed by atoms with van der Waals surface area (Å²) in [5, 5.41) is 31.9. The second-order valence-corrected chi connectivity index (χ2v) is 5.82. The molecule has 0 radical (unpaired) electrons. The van der Waals surface area contributed by atoms with Crippen LogP contribution in [0.5, 0.6) is 0 Å². The molecular formula is C11H14N4O2S.